The van der Waals surface area contributed by atoms with E-state index < -0.39 is 6.10 Å². The van der Waals surface area contributed by atoms with E-state index >= 15 is 0 Å². The molecule has 1 unspecified atom stereocenters. The first-order chi connectivity index (χ1) is 38.0. The van der Waals surface area contributed by atoms with Crippen LogP contribution in [-0.2, 0) is 28.6 Å². The Bertz CT molecular complexity index is 1200. The summed E-state index contributed by atoms with van der Waals surface area (Å²) in [5, 5.41) is 0. The van der Waals surface area contributed by atoms with Crippen LogP contribution in [0, 0.1) is 0 Å². The Kier molecular flexibility index (Phi) is 65.1. The third kappa shape index (κ3) is 64.9. The SMILES string of the molecule is CCCCCCCCCC/C=C\CCCCCCCCCCCCCCCCCC(=O)OCC(COC(=O)CCCCCCCCCC)OC(=O)CCCCCCCCCCCCCCCCCCCCCCCCCC. The maximum Gasteiger partial charge on any atom is 0.306 e. The molecule has 0 aliphatic rings. The summed E-state index contributed by atoms with van der Waals surface area (Å²) in [5.74, 6) is -0.835. The number of rotatable bonds is 66. The Morgan fingerprint density at radius 1 is 0.247 bits per heavy atom. The fraction of sp³-hybridized carbons (Fsp3) is 0.930. The Morgan fingerprint density at radius 3 is 0.649 bits per heavy atom. The molecule has 0 spiro atoms. The van der Waals surface area contributed by atoms with Crippen LogP contribution < -0.4 is 0 Å². The number of unbranched alkanes of at least 4 members (excludes halogenated alkanes) is 53. The summed E-state index contributed by atoms with van der Waals surface area (Å²) in [7, 11) is 0. The summed E-state index contributed by atoms with van der Waals surface area (Å²) >= 11 is 0. The molecule has 6 nitrogen and oxygen atoms in total. The van der Waals surface area contributed by atoms with Crippen LogP contribution in [-0.4, -0.2) is 37.2 Å². The Balaban J connectivity index is 4.05. The second-order valence-electron chi connectivity index (χ2n) is 24.2. The van der Waals surface area contributed by atoms with E-state index in [-0.39, 0.29) is 31.1 Å². The monoisotopic (exact) mass is 1090 g/mol. The van der Waals surface area contributed by atoms with Crippen LogP contribution >= 0.6 is 0 Å². The molecule has 6 heteroatoms. The lowest BCUT2D eigenvalue weighted by Crippen LogP contribution is -2.30. The van der Waals surface area contributed by atoms with Crippen LogP contribution in [0.2, 0.25) is 0 Å². The average Bonchev–Trinajstić information content (AvgIpc) is 3.43. The van der Waals surface area contributed by atoms with Crippen LogP contribution in [0.1, 0.15) is 406 Å². The van der Waals surface area contributed by atoms with E-state index in [1.165, 1.54) is 308 Å². The highest BCUT2D eigenvalue weighted by Gasteiger charge is 2.19. The maximum atomic E-state index is 12.9. The summed E-state index contributed by atoms with van der Waals surface area (Å²) in [6.45, 7) is 6.69. The van der Waals surface area contributed by atoms with E-state index in [4.69, 9.17) is 14.2 Å². The van der Waals surface area contributed by atoms with Crippen molar-refractivity contribution in [3.05, 3.63) is 12.2 Å². The van der Waals surface area contributed by atoms with Crippen molar-refractivity contribution in [2.45, 2.75) is 412 Å². The average molecular weight is 1090 g/mol. The first-order valence-electron chi connectivity index (χ1n) is 35.2. The van der Waals surface area contributed by atoms with Gasteiger partial charge in [0, 0.05) is 19.3 Å². The number of ether oxygens (including phenoxy) is 3. The van der Waals surface area contributed by atoms with Gasteiger partial charge in [0.2, 0.25) is 0 Å². The lowest BCUT2D eigenvalue weighted by molar-refractivity contribution is -0.167. The molecule has 0 rings (SSSR count). The third-order valence-electron chi connectivity index (χ3n) is 16.3. The van der Waals surface area contributed by atoms with E-state index in [1.807, 2.05) is 0 Å². The zero-order valence-corrected chi connectivity index (χ0v) is 52.5. The van der Waals surface area contributed by atoms with E-state index in [0.29, 0.717) is 19.3 Å². The summed E-state index contributed by atoms with van der Waals surface area (Å²) in [5.41, 5.74) is 0. The minimum Gasteiger partial charge on any atom is -0.462 e. The first kappa shape index (κ1) is 75.2. The zero-order chi connectivity index (χ0) is 55.7. The van der Waals surface area contributed by atoms with Crippen molar-refractivity contribution >= 4 is 17.9 Å². The molecule has 0 heterocycles. The third-order valence-corrected chi connectivity index (χ3v) is 16.3. The Labute approximate surface area is 481 Å². The minimum atomic E-state index is -0.764. The molecule has 0 amide bonds. The topological polar surface area (TPSA) is 78.9 Å². The summed E-state index contributed by atoms with van der Waals surface area (Å²) in [6.07, 6.45) is 79.8. The highest BCUT2D eigenvalue weighted by molar-refractivity contribution is 5.71. The molecule has 0 aliphatic heterocycles. The van der Waals surface area contributed by atoms with Crippen molar-refractivity contribution in [3.8, 4) is 0 Å². The number of carbonyl (C=O) groups is 3. The zero-order valence-electron chi connectivity index (χ0n) is 52.5. The van der Waals surface area contributed by atoms with Gasteiger partial charge in [-0.1, -0.05) is 354 Å². The highest BCUT2D eigenvalue weighted by Crippen LogP contribution is 2.19. The molecule has 0 N–H and O–H groups in total. The lowest BCUT2D eigenvalue weighted by atomic mass is 10.0. The molecule has 1 atom stereocenters. The molecule has 0 fully saturated rings. The van der Waals surface area contributed by atoms with Crippen molar-refractivity contribution in [2.75, 3.05) is 13.2 Å². The highest BCUT2D eigenvalue weighted by atomic mass is 16.6. The second-order valence-corrected chi connectivity index (χ2v) is 24.2. The van der Waals surface area contributed by atoms with Crippen molar-refractivity contribution < 1.29 is 28.6 Å². The fourth-order valence-electron chi connectivity index (χ4n) is 11.0. The molecule has 0 aliphatic carbocycles. The molecule has 0 aromatic rings. The normalized spacial score (nSPS) is 12.0. The number of carbonyl (C=O) groups excluding carboxylic acids is 3. The van der Waals surface area contributed by atoms with Gasteiger partial charge in [0.15, 0.2) is 6.10 Å². The fourth-order valence-corrected chi connectivity index (χ4v) is 11.0. The number of hydrogen-bond acceptors (Lipinski definition) is 6. The van der Waals surface area contributed by atoms with E-state index in [1.54, 1.807) is 0 Å². The van der Waals surface area contributed by atoms with Gasteiger partial charge in [-0.25, -0.2) is 0 Å². The number of hydrogen-bond donors (Lipinski definition) is 0. The molecule has 0 radical (unpaired) electrons. The van der Waals surface area contributed by atoms with Crippen molar-refractivity contribution in [1.29, 1.82) is 0 Å². The van der Waals surface area contributed by atoms with Crippen molar-refractivity contribution in [2.24, 2.45) is 0 Å². The largest absolute Gasteiger partial charge is 0.462 e. The molecule has 0 aromatic heterocycles. The van der Waals surface area contributed by atoms with Crippen LogP contribution in [0.25, 0.3) is 0 Å². The lowest BCUT2D eigenvalue weighted by Gasteiger charge is -2.18. The van der Waals surface area contributed by atoms with Crippen LogP contribution in [0.4, 0.5) is 0 Å². The van der Waals surface area contributed by atoms with E-state index in [2.05, 4.69) is 32.9 Å². The molecule has 0 saturated carbocycles. The van der Waals surface area contributed by atoms with Crippen LogP contribution in [0.3, 0.4) is 0 Å². The van der Waals surface area contributed by atoms with Gasteiger partial charge in [-0.3, -0.25) is 14.4 Å². The predicted molar refractivity (Wildman–Crippen MR) is 335 cm³/mol. The molecule has 77 heavy (non-hydrogen) atoms. The van der Waals surface area contributed by atoms with Gasteiger partial charge in [-0.15, -0.1) is 0 Å². The van der Waals surface area contributed by atoms with Gasteiger partial charge in [0.1, 0.15) is 13.2 Å². The standard InChI is InChI=1S/C71H136O6/c1-4-7-10-13-16-19-21-23-25-27-29-31-33-35-36-37-39-40-42-44-46-48-50-52-55-58-61-64-70(73)76-67-68(66-75-69(72)63-60-57-54-18-15-12-9-6-3)77-71(74)65-62-59-56-53-51-49-47-45-43-41-38-34-32-30-28-26-24-22-20-17-14-11-8-5-2/h27,29,68H,4-26,28,30-67H2,1-3H3/b29-27-. The predicted octanol–water partition coefficient (Wildman–Crippen LogP) is 24.0. The van der Waals surface area contributed by atoms with E-state index in [9.17, 15) is 14.4 Å². The van der Waals surface area contributed by atoms with Gasteiger partial charge >= 0.3 is 17.9 Å². The van der Waals surface area contributed by atoms with Crippen molar-refractivity contribution in [3.63, 3.8) is 0 Å². The van der Waals surface area contributed by atoms with Gasteiger partial charge in [0.25, 0.3) is 0 Å². The maximum absolute atomic E-state index is 12.9. The summed E-state index contributed by atoms with van der Waals surface area (Å²) in [4.78, 5) is 38.2. The molecular weight excluding hydrogens is 949 g/mol. The quantitative estimate of drug-likeness (QED) is 0.0261. The van der Waals surface area contributed by atoms with Gasteiger partial charge in [-0.05, 0) is 44.9 Å². The van der Waals surface area contributed by atoms with Crippen LogP contribution in [0.15, 0.2) is 12.2 Å². The van der Waals surface area contributed by atoms with Gasteiger partial charge in [0.05, 0.1) is 0 Å². The smallest absolute Gasteiger partial charge is 0.306 e. The Morgan fingerprint density at radius 2 is 0.429 bits per heavy atom. The molecule has 0 bridgehead atoms. The Hall–Kier alpha value is -1.85. The van der Waals surface area contributed by atoms with Crippen LogP contribution in [0.5, 0.6) is 0 Å². The van der Waals surface area contributed by atoms with Gasteiger partial charge in [-0.2, -0.15) is 0 Å². The minimum absolute atomic E-state index is 0.0631. The second kappa shape index (κ2) is 66.7. The van der Waals surface area contributed by atoms with Crippen molar-refractivity contribution in [1.82, 2.24) is 0 Å². The van der Waals surface area contributed by atoms with E-state index in [0.717, 1.165) is 57.8 Å². The first-order valence-corrected chi connectivity index (χ1v) is 35.2. The molecule has 0 aromatic carbocycles. The molecule has 0 saturated heterocycles. The summed E-state index contributed by atoms with van der Waals surface area (Å²) in [6, 6.07) is 0. The number of allylic oxidation sites excluding steroid dienone is 2. The number of esters is 3. The molecule has 456 valence electrons. The molecular formula is C71H136O6. The van der Waals surface area contributed by atoms with Gasteiger partial charge < -0.3 is 14.2 Å². The summed E-state index contributed by atoms with van der Waals surface area (Å²) < 4.78 is 16.9.